The summed E-state index contributed by atoms with van der Waals surface area (Å²) in [6.45, 7) is 4.55. The number of nitrogen functional groups attached to an aromatic ring is 1. The normalized spacial score (nSPS) is 25.7. The summed E-state index contributed by atoms with van der Waals surface area (Å²) in [6.07, 6.45) is 2.93. The lowest BCUT2D eigenvalue weighted by Crippen LogP contribution is -2.65. The molecule has 5 fully saturated rings. The highest BCUT2D eigenvalue weighted by atomic mass is 35.5. The summed E-state index contributed by atoms with van der Waals surface area (Å²) < 4.78 is 53.0. The molecule has 2 aromatic carbocycles. The number of nitrogens with two attached hydrogens (primary N) is 1. The Balaban J connectivity index is 1.15. The van der Waals surface area contributed by atoms with Crippen molar-refractivity contribution in [3.8, 4) is 23.2 Å². The van der Waals surface area contributed by atoms with Gasteiger partial charge in [-0.05, 0) is 49.9 Å². The van der Waals surface area contributed by atoms with Gasteiger partial charge in [0.1, 0.15) is 41.0 Å². The third-order valence-electron chi connectivity index (χ3n) is 11.3. The third-order valence-corrected chi connectivity index (χ3v) is 12.6. The average Bonchev–Trinajstić information content (AvgIpc) is 3.68. The number of carbonyl (C=O) groups excluding carboxylic acids is 1. The van der Waals surface area contributed by atoms with Gasteiger partial charge in [0, 0.05) is 67.4 Å². The van der Waals surface area contributed by atoms with Gasteiger partial charge in [-0.2, -0.15) is 15.2 Å². The van der Waals surface area contributed by atoms with Gasteiger partial charge in [0.25, 0.3) is 0 Å². The van der Waals surface area contributed by atoms with E-state index >= 15 is 4.39 Å². The fourth-order valence-corrected chi connectivity index (χ4v) is 10.1. The van der Waals surface area contributed by atoms with Crippen LogP contribution in [0.3, 0.4) is 0 Å². The van der Waals surface area contributed by atoms with Crippen molar-refractivity contribution >= 4 is 60.7 Å². The van der Waals surface area contributed by atoms with Gasteiger partial charge in [-0.3, -0.25) is 9.69 Å². The van der Waals surface area contributed by atoms with E-state index in [1.165, 1.54) is 12.1 Å². The highest BCUT2D eigenvalue weighted by Gasteiger charge is 2.51. The van der Waals surface area contributed by atoms with Crippen LogP contribution in [0.2, 0.25) is 5.02 Å². The number of piperidine rings is 1. The molecule has 0 saturated carbocycles. The molecule has 0 unspecified atom stereocenters. The fourth-order valence-electron chi connectivity index (χ4n) is 8.89. The number of halogens is 4. The van der Waals surface area contributed by atoms with E-state index in [1.54, 1.807) is 6.07 Å². The van der Waals surface area contributed by atoms with Crippen LogP contribution in [0.1, 0.15) is 37.7 Å². The molecule has 5 saturated heterocycles. The Labute approximate surface area is 294 Å². The summed E-state index contributed by atoms with van der Waals surface area (Å²) in [7, 11) is 0. The molecule has 5 aliphatic rings. The molecule has 9 rings (SSSR count). The van der Waals surface area contributed by atoms with E-state index in [0.29, 0.717) is 56.9 Å². The molecule has 3 atom stereocenters. The predicted octanol–water partition coefficient (Wildman–Crippen LogP) is 5.25. The zero-order chi connectivity index (χ0) is 34.5. The predicted molar refractivity (Wildman–Crippen MR) is 185 cm³/mol. The molecule has 7 heterocycles. The number of hydrogen-bond acceptors (Lipinski definition) is 10. The number of nitrogens with one attached hydrogen (secondary N) is 1. The van der Waals surface area contributed by atoms with Crippen molar-refractivity contribution in [2.75, 3.05) is 63.1 Å². The number of hydrogen-bond donors (Lipinski definition) is 2. The number of nitriles is 1. The molecule has 260 valence electrons. The Morgan fingerprint density at radius 2 is 2.00 bits per heavy atom. The van der Waals surface area contributed by atoms with Crippen molar-refractivity contribution in [1.82, 2.24) is 25.1 Å². The van der Waals surface area contributed by atoms with E-state index in [1.807, 2.05) is 11.0 Å². The maximum atomic E-state index is 17.1. The van der Waals surface area contributed by atoms with E-state index in [9.17, 15) is 18.8 Å². The first-order valence-electron chi connectivity index (χ1n) is 17.0. The first kappa shape index (κ1) is 32.0. The number of aromatic nitrogens is 2. The second-order valence-corrected chi connectivity index (χ2v) is 16.0. The van der Waals surface area contributed by atoms with Gasteiger partial charge in [-0.25, -0.2) is 13.2 Å². The molecule has 3 N–H and O–H groups in total. The first-order chi connectivity index (χ1) is 24.1. The Morgan fingerprint density at radius 1 is 1.20 bits per heavy atom. The van der Waals surface area contributed by atoms with Crippen molar-refractivity contribution in [2.24, 2.45) is 5.41 Å². The summed E-state index contributed by atoms with van der Waals surface area (Å²) >= 11 is 7.82. The van der Waals surface area contributed by atoms with Crippen LogP contribution in [0, 0.1) is 28.4 Å². The maximum absolute atomic E-state index is 17.1. The standard InChI is InChI=1S/C35H34ClF3N8O2S/c36-22-9-20-28(27(39)26(22)19-3-4-23(38)29-25(19)21(11-40)30(41)50-29)43-33(49-17-35-6-2-8-47(35)13-18(37)10-35)44-31(20)45-7-1-5-34(14-45)15-46(16-34)32(48)24-12-42-24/h3-4,9,18,24,42H,1-2,5-8,10,12-17,41H2/t18-,24-,35+/m1/s1. The van der Waals surface area contributed by atoms with E-state index in [4.69, 9.17) is 27.1 Å². The molecule has 1 amide bonds. The van der Waals surface area contributed by atoms with Gasteiger partial charge in [0.05, 0.1) is 26.9 Å². The van der Waals surface area contributed by atoms with Gasteiger partial charge in [0.15, 0.2) is 5.82 Å². The van der Waals surface area contributed by atoms with Gasteiger partial charge >= 0.3 is 6.01 Å². The van der Waals surface area contributed by atoms with Crippen molar-refractivity contribution in [3.63, 3.8) is 0 Å². The monoisotopic (exact) mass is 722 g/mol. The SMILES string of the molecule is N#Cc1c(N)sc2c(F)ccc(-c3c(Cl)cc4c(N5CCCC6(CN(C(=O)[C@H]7CN7)C6)C5)nc(OC[C@@]56CCCN5C[C@H](F)C6)nc4c3F)c12. The summed E-state index contributed by atoms with van der Waals surface area (Å²) in [4.78, 5) is 28.3. The van der Waals surface area contributed by atoms with Gasteiger partial charge < -0.3 is 25.6 Å². The Morgan fingerprint density at radius 3 is 2.78 bits per heavy atom. The van der Waals surface area contributed by atoms with Crippen LogP contribution in [0.25, 0.3) is 32.1 Å². The van der Waals surface area contributed by atoms with E-state index in [0.717, 1.165) is 43.6 Å². The number of fused-ring (bicyclic) bond motifs is 3. The molecule has 2 aromatic heterocycles. The molecule has 10 nitrogen and oxygen atoms in total. The summed E-state index contributed by atoms with van der Waals surface area (Å²) in [5, 5.41) is 13.7. The molecule has 5 aliphatic heterocycles. The fraction of sp³-hybridized carbons (Fsp3) is 0.486. The summed E-state index contributed by atoms with van der Waals surface area (Å²) in [6, 6.07) is 6.14. The third kappa shape index (κ3) is 4.99. The Kier molecular flexibility index (Phi) is 7.41. The van der Waals surface area contributed by atoms with Crippen molar-refractivity contribution < 1.29 is 22.7 Å². The maximum Gasteiger partial charge on any atom is 0.319 e. The van der Waals surface area contributed by atoms with Crippen LogP contribution in [-0.2, 0) is 4.79 Å². The lowest BCUT2D eigenvalue weighted by atomic mass is 9.73. The molecule has 50 heavy (non-hydrogen) atoms. The number of nitrogens with zero attached hydrogens (tertiary/aromatic N) is 6. The topological polar surface area (TPSA) is 134 Å². The van der Waals surface area contributed by atoms with Gasteiger partial charge in [0.2, 0.25) is 5.91 Å². The largest absolute Gasteiger partial charge is 0.461 e. The molecule has 4 aromatic rings. The second-order valence-electron chi connectivity index (χ2n) is 14.6. The molecule has 0 radical (unpaired) electrons. The van der Waals surface area contributed by atoms with Crippen molar-refractivity contribution in [1.29, 1.82) is 5.26 Å². The molecule has 1 spiro atoms. The van der Waals surface area contributed by atoms with Crippen molar-refractivity contribution in [2.45, 2.75) is 49.9 Å². The molecular weight excluding hydrogens is 689 g/mol. The molecule has 15 heteroatoms. The first-order valence-corrected chi connectivity index (χ1v) is 18.2. The zero-order valence-electron chi connectivity index (χ0n) is 27.1. The number of ether oxygens (including phenoxy) is 1. The number of carbonyl (C=O) groups is 1. The van der Waals surface area contributed by atoms with Gasteiger partial charge in [-0.1, -0.05) is 17.7 Å². The lowest BCUT2D eigenvalue weighted by Gasteiger charge is -2.54. The quantitative estimate of drug-likeness (QED) is 0.256. The van der Waals surface area contributed by atoms with Crippen LogP contribution >= 0.6 is 22.9 Å². The molecular formula is C35H34ClF3N8O2S. The molecule has 0 aliphatic carbocycles. The number of rotatable bonds is 6. The number of alkyl halides is 1. The minimum Gasteiger partial charge on any atom is -0.461 e. The number of benzene rings is 2. The highest BCUT2D eigenvalue weighted by molar-refractivity contribution is 7.23. The summed E-state index contributed by atoms with van der Waals surface area (Å²) in [5.74, 6) is -0.757. The zero-order valence-corrected chi connectivity index (χ0v) is 28.6. The Hall–Kier alpha value is -3.90. The van der Waals surface area contributed by atoms with E-state index in [-0.39, 0.29) is 72.3 Å². The number of thiophene rings is 1. The van der Waals surface area contributed by atoms with Crippen LogP contribution in [0.15, 0.2) is 18.2 Å². The van der Waals surface area contributed by atoms with E-state index in [2.05, 4.69) is 20.1 Å². The van der Waals surface area contributed by atoms with E-state index < -0.39 is 23.3 Å². The smallest absolute Gasteiger partial charge is 0.319 e. The number of likely N-dealkylation sites (tertiary alicyclic amines) is 1. The highest BCUT2D eigenvalue weighted by Crippen LogP contribution is 2.47. The van der Waals surface area contributed by atoms with Crippen LogP contribution in [0.5, 0.6) is 6.01 Å². The minimum absolute atomic E-state index is 0.0326. The number of amides is 1. The summed E-state index contributed by atoms with van der Waals surface area (Å²) in [5.41, 5.74) is 5.69. The van der Waals surface area contributed by atoms with Crippen molar-refractivity contribution in [3.05, 3.63) is 40.4 Å². The average molecular weight is 723 g/mol. The second kappa shape index (κ2) is 11.6. The van der Waals surface area contributed by atoms with Gasteiger partial charge in [-0.15, -0.1) is 11.3 Å². The Bertz CT molecular complexity index is 2130. The van der Waals surface area contributed by atoms with Crippen LogP contribution < -0.4 is 20.7 Å². The molecule has 0 bridgehead atoms. The van der Waals surface area contributed by atoms with Crippen LogP contribution in [-0.4, -0.2) is 95.8 Å². The minimum atomic E-state index is -0.944. The lowest BCUT2D eigenvalue weighted by molar-refractivity contribution is -0.143. The van der Waals surface area contributed by atoms with Crippen LogP contribution in [0.4, 0.5) is 24.0 Å². The number of anilines is 2.